The zero-order valence-corrected chi connectivity index (χ0v) is 19.5. The molecule has 3 saturated heterocycles. The first-order valence-corrected chi connectivity index (χ1v) is 11.2. The summed E-state index contributed by atoms with van der Waals surface area (Å²) in [5.41, 5.74) is -2.02. The average molecular weight is 437 g/mol. The number of aliphatic hydroxyl groups excluding tert-OH is 1. The maximum Gasteiger partial charge on any atom is 0.312 e. The Kier molecular flexibility index (Phi) is 6.28. The minimum Gasteiger partial charge on any atom is -0.466 e. The van der Waals surface area contributed by atoms with E-state index in [2.05, 4.69) is 6.58 Å². The van der Waals surface area contributed by atoms with E-state index in [0.717, 1.165) is 0 Å². The van der Waals surface area contributed by atoms with Crippen molar-refractivity contribution < 1.29 is 29.0 Å². The number of carbonyl (C=O) groups is 3. The van der Waals surface area contributed by atoms with Crippen molar-refractivity contribution >= 4 is 17.8 Å². The number of hydrogen-bond acceptors (Lipinski definition) is 6. The molecule has 3 unspecified atom stereocenters. The minimum atomic E-state index is -1.13. The van der Waals surface area contributed by atoms with Gasteiger partial charge < -0.3 is 24.4 Å². The first kappa shape index (κ1) is 23.7. The summed E-state index contributed by atoms with van der Waals surface area (Å²) >= 11 is 0. The number of amides is 2. The van der Waals surface area contributed by atoms with E-state index in [4.69, 9.17) is 9.47 Å². The Hall–Kier alpha value is -1.93. The maximum absolute atomic E-state index is 13.9. The molecule has 2 amide bonds. The van der Waals surface area contributed by atoms with Gasteiger partial charge in [0.25, 0.3) is 0 Å². The first-order chi connectivity index (χ1) is 14.5. The van der Waals surface area contributed by atoms with E-state index < -0.39 is 41.1 Å². The Morgan fingerprint density at radius 3 is 2.58 bits per heavy atom. The molecule has 174 valence electrons. The SMILES string of the molecule is C=CCN(C(=O)C1N([C@H](C)CO)C(=O)[C@@H]2[C@@H](C(=O)OCC)[C@]3(C)OC12CC3C)C(C)C. The van der Waals surface area contributed by atoms with Crippen LogP contribution in [0.15, 0.2) is 12.7 Å². The van der Waals surface area contributed by atoms with Gasteiger partial charge in [0.05, 0.1) is 30.8 Å². The predicted molar refractivity (Wildman–Crippen MR) is 114 cm³/mol. The molecule has 3 heterocycles. The molecule has 3 rings (SSSR count). The molecule has 1 spiro atoms. The number of fused-ring (bicyclic) bond motifs is 1. The Morgan fingerprint density at radius 1 is 1.42 bits per heavy atom. The van der Waals surface area contributed by atoms with Gasteiger partial charge in [-0.05, 0) is 47.0 Å². The quantitative estimate of drug-likeness (QED) is 0.456. The molecule has 0 aromatic carbocycles. The van der Waals surface area contributed by atoms with Crippen LogP contribution in [0.3, 0.4) is 0 Å². The second-order valence-electron chi connectivity index (χ2n) is 9.61. The smallest absolute Gasteiger partial charge is 0.312 e. The molecule has 3 aliphatic rings. The third-order valence-corrected chi connectivity index (χ3v) is 7.50. The van der Waals surface area contributed by atoms with E-state index in [1.54, 1.807) is 24.8 Å². The van der Waals surface area contributed by atoms with Crippen LogP contribution < -0.4 is 0 Å². The standard InChI is InChI=1S/C23H36N2O6/c1-8-10-24(13(3)4)20(28)18-23-11-14(5)22(7,31-23)17(21(29)30-9-2)16(23)19(27)25(18)15(6)12-26/h8,13-18,26H,1,9-12H2,2-7H3/t14?,15-,16+,17+,18?,22-,23?/m1/s1. The summed E-state index contributed by atoms with van der Waals surface area (Å²) in [5, 5.41) is 9.89. The Labute approximate surface area is 184 Å². The van der Waals surface area contributed by atoms with Gasteiger partial charge in [-0.3, -0.25) is 14.4 Å². The van der Waals surface area contributed by atoms with Crippen molar-refractivity contribution in [2.75, 3.05) is 19.8 Å². The molecular formula is C23H36N2O6. The number of likely N-dealkylation sites (tertiary alicyclic amines) is 1. The highest BCUT2D eigenvalue weighted by Gasteiger charge is 2.80. The third-order valence-electron chi connectivity index (χ3n) is 7.50. The fraction of sp³-hybridized carbons (Fsp3) is 0.783. The summed E-state index contributed by atoms with van der Waals surface area (Å²) in [5.74, 6) is -2.68. The number of nitrogens with zero attached hydrogens (tertiary/aromatic N) is 2. The normalized spacial score (nSPS) is 37.2. The zero-order chi connectivity index (χ0) is 23.3. The highest BCUT2D eigenvalue weighted by atomic mass is 16.6. The van der Waals surface area contributed by atoms with Gasteiger partial charge in [-0.25, -0.2) is 0 Å². The summed E-state index contributed by atoms with van der Waals surface area (Å²) < 4.78 is 11.9. The lowest BCUT2D eigenvalue weighted by molar-refractivity contribution is -0.163. The topological polar surface area (TPSA) is 96.4 Å². The Bertz CT molecular complexity index is 769. The molecule has 0 aliphatic carbocycles. The van der Waals surface area contributed by atoms with Gasteiger partial charge in [0.1, 0.15) is 17.6 Å². The highest BCUT2D eigenvalue weighted by Crippen LogP contribution is 2.65. The monoisotopic (exact) mass is 436 g/mol. The van der Waals surface area contributed by atoms with Crippen LogP contribution in [0.2, 0.25) is 0 Å². The summed E-state index contributed by atoms with van der Waals surface area (Å²) in [7, 11) is 0. The lowest BCUT2D eigenvalue weighted by atomic mass is 9.62. The molecule has 3 aliphatic heterocycles. The van der Waals surface area contributed by atoms with E-state index in [9.17, 15) is 19.5 Å². The van der Waals surface area contributed by atoms with Crippen molar-refractivity contribution in [3.63, 3.8) is 0 Å². The number of ether oxygens (including phenoxy) is 2. The van der Waals surface area contributed by atoms with Crippen molar-refractivity contribution in [2.45, 2.75) is 77.3 Å². The summed E-state index contributed by atoms with van der Waals surface area (Å²) in [6, 6.07) is -1.62. The molecule has 1 N–H and O–H groups in total. The van der Waals surface area contributed by atoms with Crippen molar-refractivity contribution in [2.24, 2.45) is 17.8 Å². The molecule has 2 bridgehead atoms. The van der Waals surface area contributed by atoms with Crippen LogP contribution >= 0.6 is 0 Å². The molecular weight excluding hydrogens is 400 g/mol. The van der Waals surface area contributed by atoms with E-state index in [1.165, 1.54) is 4.90 Å². The minimum absolute atomic E-state index is 0.0439. The molecule has 3 fully saturated rings. The zero-order valence-electron chi connectivity index (χ0n) is 19.5. The van der Waals surface area contributed by atoms with E-state index in [1.807, 2.05) is 27.7 Å². The van der Waals surface area contributed by atoms with Crippen LogP contribution in [0.25, 0.3) is 0 Å². The average Bonchev–Trinajstić information content (AvgIpc) is 3.22. The Balaban J connectivity index is 2.16. The van der Waals surface area contributed by atoms with Crippen LogP contribution in [0, 0.1) is 17.8 Å². The lowest BCUT2D eigenvalue weighted by Gasteiger charge is -2.39. The predicted octanol–water partition coefficient (Wildman–Crippen LogP) is 1.36. The van der Waals surface area contributed by atoms with Gasteiger partial charge in [0, 0.05) is 12.6 Å². The number of carbonyl (C=O) groups excluding carboxylic acids is 3. The van der Waals surface area contributed by atoms with E-state index in [-0.39, 0.29) is 37.0 Å². The van der Waals surface area contributed by atoms with Gasteiger partial charge in [-0.1, -0.05) is 13.0 Å². The van der Waals surface area contributed by atoms with Gasteiger partial charge in [0.2, 0.25) is 11.8 Å². The number of rotatable bonds is 8. The lowest BCUT2D eigenvalue weighted by Crippen LogP contribution is -2.59. The van der Waals surface area contributed by atoms with Crippen molar-refractivity contribution in [3.8, 4) is 0 Å². The fourth-order valence-electron chi connectivity index (χ4n) is 5.96. The van der Waals surface area contributed by atoms with E-state index >= 15 is 0 Å². The van der Waals surface area contributed by atoms with Gasteiger partial charge >= 0.3 is 5.97 Å². The largest absolute Gasteiger partial charge is 0.466 e. The van der Waals surface area contributed by atoms with E-state index in [0.29, 0.717) is 13.0 Å². The molecule has 8 heteroatoms. The molecule has 0 aromatic rings. The van der Waals surface area contributed by atoms with Crippen molar-refractivity contribution in [1.29, 1.82) is 0 Å². The highest BCUT2D eigenvalue weighted by molar-refractivity contribution is 5.98. The second kappa shape index (κ2) is 8.20. The van der Waals surface area contributed by atoms with Crippen molar-refractivity contribution in [1.82, 2.24) is 9.80 Å². The Morgan fingerprint density at radius 2 is 2.06 bits per heavy atom. The van der Waals surface area contributed by atoms with Gasteiger partial charge in [-0.15, -0.1) is 6.58 Å². The van der Waals surface area contributed by atoms with Crippen LogP contribution in [-0.4, -0.2) is 81.8 Å². The van der Waals surface area contributed by atoms with Gasteiger partial charge in [0.15, 0.2) is 0 Å². The number of aliphatic hydroxyl groups is 1. The molecule has 31 heavy (non-hydrogen) atoms. The second-order valence-corrected chi connectivity index (χ2v) is 9.61. The summed E-state index contributed by atoms with van der Waals surface area (Å²) in [4.78, 5) is 43.8. The molecule has 7 atom stereocenters. The molecule has 0 aromatic heterocycles. The van der Waals surface area contributed by atoms with Crippen LogP contribution in [0.4, 0.5) is 0 Å². The maximum atomic E-state index is 13.9. The molecule has 0 radical (unpaired) electrons. The first-order valence-electron chi connectivity index (χ1n) is 11.2. The molecule has 0 saturated carbocycles. The summed E-state index contributed by atoms with van der Waals surface area (Å²) in [6.45, 7) is 15.1. The van der Waals surface area contributed by atoms with Crippen LogP contribution in [0.5, 0.6) is 0 Å². The fourth-order valence-corrected chi connectivity index (χ4v) is 5.96. The summed E-state index contributed by atoms with van der Waals surface area (Å²) in [6.07, 6.45) is 2.14. The number of esters is 1. The third kappa shape index (κ3) is 3.21. The van der Waals surface area contributed by atoms with Crippen LogP contribution in [0.1, 0.15) is 48.0 Å². The van der Waals surface area contributed by atoms with Crippen LogP contribution in [-0.2, 0) is 23.9 Å². The molecule has 8 nitrogen and oxygen atoms in total. The van der Waals surface area contributed by atoms with Crippen molar-refractivity contribution in [3.05, 3.63) is 12.7 Å². The number of hydrogen-bond donors (Lipinski definition) is 1. The van der Waals surface area contributed by atoms with Gasteiger partial charge in [-0.2, -0.15) is 0 Å².